The zero-order valence-corrected chi connectivity index (χ0v) is 16.7. The van der Waals surface area contributed by atoms with E-state index in [0.29, 0.717) is 0 Å². The molecule has 0 aliphatic heterocycles. The number of benzene rings is 2. The van der Waals surface area contributed by atoms with Gasteiger partial charge in [-0.05, 0) is 23.3 Å². The molecule has 6 nitrogen and oxygen atoms in total. The Balaban J connectivity index is 1.15. The number of nitrogens with one attached hydrogen (secondary N) is 2. The van der Waals surface area contributed by atoms with Crippen LogP contribution in [0.2, 0.25) is 0 Å². The fourth-order valence-electron chi connectivity index (χ4n) is 3.08. The number of nitrogens with zero attached hydrogens (tertiary/aromatic N) is 4. The molecule has 0 saturated carbocycles. The van der Waals surface area contributed by atoms with Crippen LogP contribution in [-0.2, 0) is 13.1 Å². The molecule has 2 heterocycles. The first kappa shape index (κ1) is 19.8. The van der Waals surface area contributed by atoms with Gasteiger partial charge in [-0.25, -0.2) is 19.9 Å². The van der Waals surface area contributed by atoms with Crippen LogP contribution in [0.1, 0.15) is 11.1 Å². The lowest BCUT2D eigenvalue weighted by atomic mass is 10.1. The zero-order chi connectivity index (χ0) is 20.4. The average Bonchev–Trinajstić information content (AvgIpc) is 2.83. The van der Waals surface area contributed by atoms with Crippen molar-refractivity contribution in [1.29, 1.82) is 0 Å². The fraction of sp³-hybridized carbons (Fsp3) is 0.167. The predicted octanol–water partition coefficient (Wildman–Crippen LogP) is 3.48. The third kappa shape index (κ3) is 5.53. The Morgan fingerprint density at radius 3 is 1.23 bits per heavy atom. The van der Waals surface area contributed by atoms with E-state index in [4.69, 9.17) is 0 Å². The Kier molecular flexibility index (Phi) is 6.83. The van der Waals surface area contributed by atoms with Crippen molar-refractivity contribution in [2.45, 2.75) is 13.1 Å². The maximum absolute atomic E-state index is 4.28. The van der Waals surface area contributed by atoms with Gasteiger partial charge >= 0.3 is 0 Å². The van der Waals surface area contributed by atoms with E-state index >= 15 is 0 Å². The molecule has 0 amide bonds. The highest BCUT2D eigenvalue weighted by atomic mass is 14.9. The number of rotatable bonds is 9. The smallest absolute Gasteiger partial charge is 0.159 e. The van der Waals surface area contributed by atoms with Crippen molar-refractivity contribution in [3.8, 4) is 22.8 Å². The molecule has 4 aromatic rings. The van der Waals surface area contributed by atoms with E-state index in [1.807, 2.05) is 12.1 Å². The Morgan fingerprint density at radius 2 is 0.867 bits per heavy atom. The maximum atomic E-state index is 4.28. The van der Waals surface area contributed by atoms with E-state index in [2.05, 4.69) is 79.1 Å². The molecule has 2 aromatic carbocycles. The molecular weight excluding hydrogens is 372 g/mol. The van der Waals surface area contributed by atoms with Crippen LogP contribution in [0.5, 0.6) is 0 Å². The Bertz CT molecular complexity index is 932. The molecule has 0 aliphatic carbocycles. The van der Waals surface area contributed by atoms with Crippen molar-refractivity contribution in [3.05, 3.63) is 96.6 Å². The second-order valence-corrected chi connectivity index (χ2v) is 6.89. The number of hydrogen-bond donors (Lipinski definition) is 2. The SMILES string of the molecule is c1cnc(-c2ccc(CNCCNCc3ccc(-c4ncccn4)cc3)cc2)nc1. The van der Waals surface area contributed by atoms with Gasteiger partial charge in [0.15, 0.2) is 11.6 Å². The van der Waals surface area contributed by atoms with Gasteiger partial charge in [0.1, 0.15) is 0 Å². The first-order valence-corrected chi connectivity index (χ1v) is 10.0. The Morgan fingerprint density at radius 1 is 0.500 bits per heavy atom. The second kappa shape index (κ2) is 10.3. The van der Waals surface area contributed by atoms with Gasteiger partial charge in [0.2, 0.25) is 0 Å². The van der Waals surface area contributed by atoms with E-state index in [0.717, 1.165) is 49.0 Å². The zero-order valence-electron chi connectivity index (χ0n) is 16.7. The lowest BCUT2D eigenvalue weighted by Crippen LogP contribution is -2.26. The van der Waals surface area contributed by atoms with Crippen LogP contribution < -0.4 is 10.6 Å². The predicted molar refractivity (Wildman–Crippen MR) is 118 cm³/mol. The third-order valence-electron chi connectivity index (χ3n) is 4.69. The summed E-state index contributed by atoms with van der Waals surface area (Å²) in [6.07, 6.45) is 7.04. The molecule has 0 spiro atoms. The number of hydrogen-bond acceptors (Lipinski definition) is 6. The second-order valence-electron chi connectivity index (χ2n) is 6.89. The molecule has 0 radical (unpaired) electrons. The third-order valence-corrected chi connectivity index (χ3v) is 4.69. The van der Waals surface area contributed by atoms with E-state index in [9.17, 15) is 0 Å². The molecular formula is C24H24N6. The van der Waals surface area contributed by atoms with Crippen molar-refractivity contribution in [1.82, 2.24) is 30.6 Å². The molecule has 0 aliphatic rings. The minimum absolute atomic E-state index is 0.755. The largest absolute Gasteiger partial charge is 0.311 e. The molecule has 0 atom stereocenters. The normalized spacial score (nSPS) is 10.8. The first-order chi connectivity index (χ1) is 14.9. The van der Waals surface area contributed by atoms with Gasteiger partial charge in [-0.2, -0.15) is 0 Å². The monoisotopic (exact) mass is 396 g/mol. The van der Waals surface area contributed by atoms with Crippen molar-refractivity contribution in [2.24, 2.45) is 0 Å². The summed E-state index contributed by atoms with van der Waals surface area (Å²) >= 11 is 0. The van der Waals surface area contributed by atoms with Gasteiger partial charge in [0.05, 0.1) is 0 Å². The van der Waals surface area contributed by atoms with Crippen molar-refractivity contribution >= 4 is 0 Å². The lowest BCUT2D eigenvalue weighted by Gasteiger charge is -2.08. The van der Waals surface area contributed by atoms with Crippen molar-refractivity contribution in [3.63, 3.8) is 0 Å². The van der Waals surface area contributed by atoms with Gasteiger partial charge in [-0.15, -0.1) is 0 Å². The molecule has 6 heteroatoms. The van der Waals surface area contributed by atoms with Crippen LogP contribution in [0.25, 0.3) is 22.8 Å². The van der Waals surface area contributed by atoms with Crippen molar-refractivity contribution in [2.75, 3.05) is 13.1 Å². The molecule has 2 aromatic heterocycles. The van der Waals surface area contributed by atoms with Crippen LogP contribution in [0.4, 0.5) is 0 Å². The standard InChI is InChI=1S/C24H24N6/c1-11-27-23(28-12-1)21-7-3-19(4-8-21)17-25-15-16-26-18-20-5-9-22(10-6-20)24-29-13-2-14-30-24/h1-14,25-26H,15-18H2. The Labute approximate surface area is 176 Å². The summed E-state index contributed by atoms with van der Waals surface area (Å²) in [6, 6.07) is 20.4. The summed E-state index contributed by atoms with van der Waals surface area (Å²) in [4.78, 5) is 17.1. The van der Waals surface area contributed by atoms with Crippen LogP contribution in [0.15, 0.2) is 85.5 Å². The fourth-order valence-corrected chi connectivity index (χ4v) is 3.08. The summed E-state index contributed by atoms with van der Waals surface area (Å²) in [7, 11) is 0. The lowest BCUT2D eigenvalue weighted by molar-refractivity contribution is 0.611. The van der Waals surface area contributed by atoms with E-state index < -0.39 is 0 Å². The minimum Gasteiger partial charge on any atom is -0.311 e. The Hall–Kier alpha value is -3.48. The quantitative estimate of drug-likeness (QED) is 0.422. The molecule has 0 bridgehead atoms. The summed E-state index contributed by atoms with van der Waals surface area (Å²) in [5.41, 5.74) is 4.55. The number of aromatic nitrogens is 4. The van der Waals surface area contributed by atoms with Gasteiger partial charge in [-0.3, -0.25) is 0 Å². The highest BCUT2D eigenvalue weighted by molar-refractivity contribution is 5.55. The van der Waals surface area contributed by atoms with Crippen LogP contribution >= 0.6 is 0 Å². The molecule has 0 fully saturated rings. The van der Waals surface area contributed by atoms with Crippen LogP contribution in [-0.4, -0.2) is 33.0 Å². The molecule has 0 unspecified atom stereocenters. The van der Waals surface area contributed by atoms with Crippen molar-refractivity contribution < 1.29 is 0 Å². The van der Waals surface area contributed by atoms with E-state index in [1.54, 1.807) is 24.8 Å². The molecule has 30 heavy (non-hydrogen) atoms. The highest BCUT2D eigenvalue weighted by Gasteiger charge is 2.01. The maximum Gasteiger partial charge on any atom is 0.159 e. The first-order valence-electron chi connectivity index (χ1n) is 10.0. The van der Waals surface area contributed by atoms with Crippen LogP contribution in [0.3, 0.4) is 0 Å². The highest BCUT2D eigenvalue weighted by Crippen LogP contribution is 2.15. The van der Waals surface area contributed by atoms with Gasteiger partial charge in [-0.1, -0.05) is 48.5 Å². The average molecular weight is 396 g/mol. The summed E-state index contributed by atoms with van der Waals surface area (Å²) < 4.78 is 0. The molecule has 150 valence electrons. The van der Waals surface area contributed by atoms with Crippen LogP contribution in [0, 0.1) is 0 Å². The minimum atomic E-state index is 0.755. The van der Waals surface area contributed by atoms with E-state index in [-0.39, 0.29) is 0 Å². The van der Waals surface area contributed by atoms with Gasteiger partial charge < -0.3 is 10.6 Å². The van der Waals surface area contributed by atoms with Gasteiger partial charge in [0, 0.05) is 62.1 Å². The summed E-state index contributed by atoms with van der Waals surface area (Å²) in [6.45, 7) is 3.48. The topological polar surface area (TPSA) is 75.6 Å². The molecule has 4 rings (SSSR count). The van der Waals surface area contributed by atoms with E-state index in [1.165, 1.54) is 11.1 Å². The van der Waals surface area contributed by atoms with Gasteiger partial charge in [0.25, 0.3) is 0 Å². The molecule has 2 N–H and O–H groups in total. The molecule has 0 saturated heterocycles. The summed E-state index contributed by atoms with van der Waals surface area (Å²) in [5, 5.41) is 6.94. The summed E-state index contributed by atoms with van der Waals surface area (Å²) in [5.74, 6) is 1.51.